The average molecular weight is 396 g/mol. The largest absolute Gasteiger partial charge is 0.469 e. The second-order valence-corrected chi connectivity index (χ2v) is 6.86. The number of aromatic amines is 1. The number of nitrogens with zero attached hydrogens (tertiary/aromatic N) is 2. The molecule has 0 spiro atoms. The third-order valence-electron chi connectivity index (χ3n) is 3.39. The number of carbonyl (C=O) groups excluding carboxylic acids is 2. The van der Waals surface area contributed by atoms with Crippen LogP contribution in [0.15, 0.2) is 40.3 Å². The zero-order chi connectivity index (χ0) is 19.1. The summed E-state index contributed by atoms with van der Waals surface area (Å²) in [6.45, 7) is 0.423. The maximum atomic E-state index is 12.3. The van der Waals surface area contributed by atoms with Crippen LogP contribution >= 0.6 is 23.4 Å². The van der Waals surface area contributed by atoms with Gasteiger partial charge in [-0.3, -0.25) is 14.4 Å². The molecule has 7 nitrogen and oxygen atoms in total. The van der Waals surface area contributed by atoms with E-state index < -0.39 is 5.97 Å². The quantitative estimate of drug-likeness (QED) is 0.437. The van der Waals surface area contributed by atoms with Crippen LogP contribution < -0.4 is 5.56 Å². The highest BCUT2D eigenvalue weighted by atomic mass is 35.5. The van der Waals surface area contributed by atoms with Crippen LogP contribution in [0, 0.1) is 0 Å². The SMILES string of the molecule is COC(=O)Cc1cc(=O)[nH]c(SCC(=O)N(C)Cc2cccc(Cl)c2)n1. The molecular weight excluding hydrogens is 378 g/mol. The van der Waals surface area contributed by atoms with Gasteiger partial charge in [0.2, 0.25) is 5.91 Å². The molecule has 2 aromatic rings. The van der Waals surface area contributed by atoms with Gasteiger partial charge in [0.15, 0.2) is 5.16 Å². The van der Waals surface area contributed by atoms with Crippen molar-refractivity contribution in [3.05, 3.63) is 57.0 Å². The number of hydrogen-bond acceptors (Lipinski definition) is 6. The van der Waals surface area contributed by atoms with Gasteiger partial charge >= 0.3 is 5.97 Å². The maximum absolute atomic E-state index is 12.3. The smallest absolute Gasteiger partial charge is 0.311 e. The molecule has 0 unspecified atom stereocenters. The molecule has 1 aromatic carbocycles. The lowest BCUT2D eigenvalue weighted by atomic mass is 10.2. The first-order chi connectivity index (χ1) is 12.4. The lowest BCUT2D eigenvalue weighted by molar-refractivity contribution is -0.139. The fraction of sp³-hybridized carbons (Fsp3) is 0.294. The minimum atomic E-state index is -0.489. The normalized spacial score (nSPS) is 10.4. The molecule has 0 aliphatic rings. The van der Waals surface area contributed by atoms with E-state index in [1.807, 2.05) is 12.1 Å². The molecule has 26 heavy (non-hydrogen) atoms. The molecule has 0 atom stereocenters. The van der Waals surface area contributed by atoms with Crippen LogP contribution in [0.3, 0.4) is 0 Å². The van der Waals surface area contributed by atoms with Crippen molar-refractivity contribution in [2.45, 2.75) is 18.1 Å². The third-order valence-corrected chi connectivity index (χ3v) is 4.49. The number of H-pyrrole nitrogens is 1. The van der Waals surface area contributed by atoms with E-state index in [2.05, 4.69) is 14.7 Å². The summed E-state index contributed by atoms with van der Waals surface area (Å²) < 4.78 is 4.56. The van der Waals surface area contributed by atoms with Gasteiger partial charge < -0.3 is 14.6 Å². The number of ether oxygens (including phenoxy) is 1. The lowest BCUT2D eigenvalue weighted by Gasteiger charge is -2.17. The molecule has 0 fully saturated rings. The van der Waals surface area contributed by atoms with Crippen molar-refractivity contribution in [2.75, 3.05) is 19.9 Å². The van der Waals surface area contributed by atoms with E-state index in [0.717, 1.165) is 17.3 Å². The van der Waals surface area contributed by atoms with Crippen LogP contribution in [0.4, 0.5) is 0 Å². The predicted octanol–water partition coefficient (Wildman–Crippen LogP) is 1.89. The van der Waals surface area contributed by atoms with Crippen molar-refractivity contribution in [1.29, 1.82) is 0 Å². The summed E-state index contributed by atoms with van der Waals surface area (Å²) in [6, 6.07) is 8.51. The first-order valence-corrected chi connectivity index (χ1v) is 9.02. The Hall–Kier alpha value is -2.32. The summed E-state index contributed by atoms with van der Waals surface area (Å²) in [5.74, 6) is -0.519. The van der Waals surface area contributed by atoms with Crippen molar-refractivity contribution in [1.82, 2.24) is 14.9 Å². The van der Waals surface area contributed by atoms with E-state index in [-0.39, 0.29) is 28.8 Å². The molecule has 0 saturated carbocycles. The van der Waals surface area contributed by atoms with Crippen molar-refractivity contribution >= 4 is 35.2 Å². The van der Waals surface area contributed by atoms with Crippen LogP contribution in [0.25, 0.3) is 0 Å². The van der Waals surface area contributed by atoms with Gasteiger partial charge in [0.1, 0.15) is 0 Å². The Bertz CT molecular complexity index is 856. The van der Waals surface area contributed by atoms with E-state index in [1.54, 1.807) is 24.1 Å². The fourth-order valence-electron chi connectivity index (χ4n) is 2.10. The highest BCUT2D eigenvalue weighted by Gasteiger charge is 2.13. The number of halogens is 1. The van der Waals surface area contributed by atoms with Crippen molar-refractivity contribution in [3.8, 4) is 0 Å². The summed E-state index contributed by atoms with van der Waals surface area (Å²) in [4.78, 5) is 43.5. The topological polar surface area (TPSA) is 92.4 Å². The van der Waals surface area contributed by atoms with Crippen molar-refractivity contribution < 1.29 is 14.3 Å². The number of esters is 1. The molecule has 0 saturated heterocycles. The highest BCUT2D eigenvalue weighted by Crippen LogP contribution is 2.15. The highest BCUT2D eigenvalue weighted by molar-refractivity contribution is 7.99. The first-order valence-electron chi connectivity index (χ1n) is 7.65. The Kier molecular flexibility index (Phi) is 7.23. The molecule has 1 aromatic heterocycles. The molecular formula is C17H18ClN3O4S. The monoisotopic (exact) mass is 395 g/mol. The van der Waals surface area contributed by atoms with E-state index in [9.17, 15) is 14.4 Å². The Morgan fingerprint density at radius 3 is 2.81 bits per heavy atom. The van der Waals surface area contributed by atoms with Gasteiger partial charge in [-0.05, 0) is 17.7 Å². The Balaban J connectivity index is 1.95. The molecule has 1 N–H and O–H groups in total. The summed E-state index contributed by atoms with van der Waals surface area (Å²) in [6.07, 6.45) is -0.101. The van der Waals surface area contributed by atoms with Gasteiger partial charge in [0.25, 0.3) is 5.56 Å². The van der Waals surface area contributed by atoms with Gasteiger partial charge in [-0.25, -0.2) is 4.98 Å². The number of carbonyl (C=O) groups is 2. The predicted molar refractivity (Wildman–Crippen MR) is 99.2 cm³/mol. The summed E-state index contributed by atoms with van der Waals surface area (Å²) in [5, 5.41) is 0.892. The Morgan fingerprint density at radius 1 is 1.35 bits per heavy atom. The number of hydrogen-bond donors (Lipinski definition) is 1. The molecule has 0 aliphatic carbocycles. The molecule has 9 heteroatoms. The standard InChI is InChI=1S/C17H18ClN3O4S/c1-21(9-11-4-3-5-12(18)6-11)15(23)10-26-17-19-13(7-14(22)20-17)8-16(24)25-2/h3-7H,8-10H2,1-2H3,(H,19,20,22). The van der Waals surface area contributed by atoms with Crippen LogP contribution in [-0.2, 0) is 27.3 Å². The summed E-state index contributed by atoms with van der Waals surface area (Å²) in [7, 11) is 2.95. The summed E-state index contributed by atoms with van der Waals surface area (Å²) in [5.41, 5.74) is 0.828. The van der Waals surface area contributed by atoms with Crippen LogP contribution in [-0.4, -0.2) is 46.7 Å². The minimum absolute atomic E-state index is 0.0989. The first kappa shape index (κ1) is 20.0. The molecule has 1 amide bonds. The number of nitrogens with one attached hydrogen (secondary N) is 1. The van der Waals surface area contributed by atoms with E-state index in [1.165, 1.54) is 13.2 Å². The van der Waals surface area contributed by atoms with Gasteiger partial charge in [-0.2, -0.15) is 0 Å². The second-order valence-electron chi connectivity index (χ2n) is 5.46. The van der Waals surface area contributed by atoms with Crippen LogP contribution in [0.2, 0.25) is 5.02 Å². The Morgan fingerprint density at radius 2 is 2.12 bits per heavy atom. The fourth-order valence-corrected chi connectivity index (χ4v) is 3.15. The molecule has 0 radical (unpaired) electrons. The Labute approximate surface area is 159 Å². The number of amides is 1. The van der Waals surface area contributed by atoms with Gasteiger partial charge in [-0.1, -0.05) is 35.5 Å². The number of rotatable bonds is 7. The molecule has 2 rings (SSSR count). The average Bonchev–Trinajstić information content (AvgIpc) is 2.59. The lowest BCUT2D eigenvalue weighted by Crippen LogP contribution is -2.28. The zero-order valence-electron chi connectivity index (χ0n) is 14.3. The van der Waals surface area contributed by atoms with E-state index in [0.29, 0.717) is 17.3 Å². The van der Waals surface area contributed by atoms with Crippen LogP contribution in [0.5, 0.6) is 0 Å². The van der Waals surface area contributed by atoms with Crippen molar-refractivity contribution in [3.63, 3.8) is 0 Å². The molecule has 0 bridgehead atoms. The second kappa shape index (κ2) is 9.40. The number of methoxy groups -OCH3 is 1. The molecule has 1 heterocycles. The van der Waals surface area contributed by atoms with Gasteiger partial charge in [0.05, 0.1) is 25.0 Å². The number of thioether (sulfide) groups is 1. The number of aromatic nitrogens is 2. The van der Waals surface area contributed by atoms with Crippen molar-refractivity contribution in [2.24, 2.45) is 0 Å². The molecule has 138 valence electrons. The molecule has 0 aliphatic heterocycles. The third kappa shape index (κ3) is 6.20. The van der Waals surface area contributed by atoms with Gasteiger partial charge in [-0.15, -0.1) is 0 Å². The van der Waals surface area contributed by atoms with E-state index >= 15 is 0 Å². The minimum Gasteiger partial charge on any atom is -0.469 e. The van der Waals surface area contributed by atoms with E-state index in [4.69, 9.17) is 11.6 Å². The van der Waals surface area contributed by atoms with Gasteiger partial charge in [0, 0.05) is 24.7 Å². The summed E-state index contributed by atoms with van der Waals surface area (Å²) >= 11 is 7.04. The maximum Gasteiger partial charge on any atom is 0.311 e. The zero-order valence-corrected chi connectivity index (χ0v) is 15.9. The number of benzene rings is 1. The van der Waals surface area contributed by atoms with Crippen LogP contribution in [0.1, 0.15) is 11.3 Å².